The molecule has 110 valence electrons. The third kappa shape index (κ3) is 3.97. The average molecular weight is 277 g/mol. The number of nitrogens with zero attached hydrogens (tertiary/aromatic N) is 1. The zero-order valence-electron chi connectivity index (χ0n) is 12.0. The number of carbonyl (C=O) groups is 1. The predicted octanol–water partition coefficient (Wildman–Crippen LogP) is 2.89. The van der Waals surface area contributed by atoms with E-state index >= 15 is 0 Å². The smallest absolute Gasteiger partial charge is 0.339 e. The SMILES string of the molecule is CCC1CCN(CCCOc2ccccc2C(=O)O)C1. The van der Waals surface area contributed by atoms with Crippen LogP contribution in [0.15, 0.2) is 24.3 Å². The molecular weight excluding hydrogens is 254 g/mol. The van der Waals surface area contributed by atoms with Crippen molar-refractivity contribution in [2.45, 2.75) is 26.2 Å². The molecule has 0 saturated carbocycles. The van der Waals surface area contributed by atoms with Gasteiger partial charge in [-0.25, -0.2) is 4.79 Å². The Balaban J connectivity index is 1.73. The monoisotopic (exact) mass is 277 g/mol. The summed E-state index contributed by atoms with van der Waals surface area (Å²) in [5.41, 5.74) is 0.236. The molecular formula is C16H23NO3. The number of para-hydroxylation sites is 1. The Kier molecular flexibility index (Phi) is 5.41. The second-order valence-corrected chi connectivity index (χ2v) is 5.37. The van der Waals surface area contributed by atoms with E-state index < -0.39 is 5.97 Å². The molecule has 0 bridgehead atoms. The summed E-state index contributed by atoms with van der Waals surface area (Å²) in [6, 6.07) is 6.80. The number of aromatic carboxylic acids is 1. The fourth-order valence-electron chi connectivity index (χ4n) is 2.69. The van der Waals surface area contributed by atoms with E-state index in [9.17, 15) is 4.79 Å². The van der Waals surface area contributed by atoms with E-state index in [1.54, 1.807) is 24.3 Å². The first kappa shape index (κ1) is 14.9. The minimum atomic E-state index is -0.939. The van der Waals surface area contributed by atoms with Gasteiger partial charge in [0.2, 0.25) is 0 Å². The first-order valence-corrected chi connectivity index (χ1v) is 7.38. The summed E-state index contributed by atoms with van der Waals surface area (Å²) in [6.45, 7) is 6.23. The van der Waals surface area contributed by atoms with Crippen LogP contribution in [-0.4, -0.2) is 42.2 Å². The molecule has 1 aromatic carbocycles. The molecule has 1 fully saturated rings. The third-order valence-corrected chi connectivity index (χ3v) is 3.94. The van der Waals surface area contributed by atoms with Gasteiger partial charge in [0.1, 0.15) is 11.3 Å². The molecule has 0 spiro atoms. The molecule has 0 amide bonds. The summed E-state index contributed by atoms with van der Waals surface area (Å²) < 4.78 is 5.60. The van der Waals surface area contributed by atoms with Crippen LogP contribution in [0.5, 0.6) is 5.75 Å². The maximum Gasteiger partial charge on any atom is 0.339 e. The highest BCUT2D eigenvalue weighted by molar-refractivity contribution is 5.90. The number of ether oxygens (including phenoxy) is 1. The number of benzene rings is 1. The lowest BCUT2D eigenvalue weighted by molar-refractivity contribution is 0.0692. The Hall–Kier alpha value is -1.55. The van der Waals surface area contributed by atoms with E-state index in [0.717, 1.165) is 18.9 Å². The molecule has 1 N–H and O–H groups in total. The highest BCUT2D eigenvalue weighted by Crippen LogP contribution is 2.20. The second-order valence-electron chi connectivity index (χ2n) is 5.37. The molecule has 20 heavy (non-hydrogen) atoms. The van der Waals surface area contributed by atoms with Crippen molar-refractivity contribution >= 4 is 5.97 Å². The summed E-state index contributed by atoms with van der Waals surface area (Å²) in [5.74, 6) is 0.377. The van der Waals surface area contributed by atoms with Gasteiger partial charge < -0.3 is 14.7 Å². The Morgan fingerprint density at radius 2 is 2.25 bits per heavy atom. The lowest BCUT2D eigenvalue weighted by Gasteiger charge is -2.16. The quantitative estimate of drug-likeness (QED) is 0.779. The molecule has 1 aliphatic rings. The lowest BCUT2D eigenvalue weighted by Crippen LogP contribution is -2.23. The minimum absolute atomic E-state index is 0.236. The molecule has 0 aromatic heterocycles. The van der Waals surface area contributed by atoms with Gasteiger partial charge in [-0.3, -0.25) is 0 Å². The van der Waals surface area contributed by atoms with Gasteiger partial charge in [-0.15, -0.1) is 0 Å². The van der Waals surface area contributed by atoms with Crippen LogP contribution in [-0.2, 0) is 0 Å². The zero-order chi connectivity index (χ0) is 14.4. The summed E-state index contributed by atoms with van der Waals surface area (Å²) in [4.78, 5) is 13.5. The van der Waals surface area contributed by atoms with Gasteiger partial charge in [0, 0.05) is 13.1 Å². The van der Waals surface area contributed by atoms with Crippen LogP contribution in [0.2, 0.25) is 0 Å². The van der Waals surface area contributed by atoms with E-state index in [1.165, 1.54) is 25.9 Å². The van der Waals surface area contributed by atoms with Crippen LogP contribution in [0.4, 0.5) is 0 Å². The first-order valence-electron chi connectivity index (χ1n) is 7.38. The molecule has 0 radical (unpaired) electrons. The van der Waals surface area contributed by atoms with Crippen LogP contribution in [0.1, 0.15) is 36.5 Å². The number of rotatable bonds is 7. The van der Waals surface area contributed by atoms with E-state index in [1.807, 2.05) is 0 Å². The van der Waals surface area contributed by atoms with Crippen molar-refractivity contribution in [2.75, 3.05) is 26.2 Å². The molecule has 1 unspecified atom stereocenters. The molecule has 1 atom stereocenters. The van der Waals surface area contributed by atoms with Crippen molar-refractivity contribution < 1.29 is 14.6 Å². The maximum atomic E-state index is 11.0. The van der Waals surface area contributed by atoms with Crippen molar-refractivity contribution in [2.24, 2.45) is 5.92 Å². The topological polar surface area (TPSA) is 49.8 Å². The number of likely N-dealkylation sites (tertiary alicyclic amines) is 1. The van der Waals surface area contributed by atoms with Crippen molar-refractivity contribution in [3.63, 3.8) is 0 Å². The third-order valence-electron chi connectivity index (χ3n) is 3.94. The lowest BCUT2D eigenvalue weighted by atomic mass is 10.1. The summed E-state index contributed by atoms with van der Waals surface area (Å²) in [7, 11) is 0. The molecule has 4 nitrogen and oxygen atoms in total. The number of carboxylic acids is 1. The summed E-state index contributed by atoms with van der Waals surface area (Å²) in [5, 5.41) is 9.06. The van der Waals surface area contributed by atoms with E-state index in [-0.39, 0.29) is 5.56 Å². The average Bonchev–Trinajstić information content (AvgIpc) is 2.92. The fraction of sp³-hybridized carbons (Fsp3) is 0.562. The van der Waals surface area contributed by atoms with Crippen molar-refractivity contribution in [3.8, 4) is 5.75 Å². The Morgan fingerprint density at radius 3 is 2.95 bits per heavy atom. The van der Waals surface area contributed by atoms with E-state index in [0.29, 0.717) is 12.4 Å². The van der Waals surface area contributed by atoms with E-state index in [4.69, 9.17) is 9.84 Å². The van der Waals surface area contributed by atoms with Crippen LogP contribution in [0.3, 0.4) is 0 Å². The fourth-order valence-corrected chi connectivity index (χ4v) is 2.69. The van der Waals surface area contributed by atoms with Gasteiger partial charge in [0.25, 0.3) is 0 Å². The van der Waals surface area contributed by atoms with Crippen LogP contribution in [0, 0.1) is 5.92 Å². The van der Waals surface area contributed by atoms with Gasteiger partial charge in [0.05, 0.1) is 6.61 Å². The van der Waals surface area contributed by atoms with E-state index in [2.05, 4.69) is 11.8 Å². The molecule has 2 rings (SSSR count). The normalized spacial score (nSPS) is 19.1. The minimum Gasteiger partial charge on any atom is -0.493 e. The number of hydrogen-bond donors (Lipinski definition) is 1. The number of hydrogen-bond acceptors (Lipinski definition) is 3. The second kappa shape index (κ2) is 7.29. The largest absolute Gasteiger partial charge is 0.493 e. The highest BCUT2D eigenvalue weighted by Gasteiger charge is 2.20. The molecule has 1 saturated heterocycles. The zero-order valence-corrected chi connectivity index (χ0v) is 12.0. The summed E-state index contributed by atoms with van der Waals surface area (Å²) >= 11 is 0. The standard InChI is InChI=1S/C16H23NO3/c1-2-13-8-10-17(12-13)9-5-11-20-15-7-4-3-6-14(15)16(18)19/h3-4,6-7,13H,2,5,8-12H2,1H3,(H,18,19). The van der Waals surface area contributed by atoms with Crippen LogP contribution >= 0.6 is 0 Å². The van der Waals surface area contributed by atoms with Gasteiger partial charge in [0.15, 0.2) is 0 Å². The van der Waals surface area contributed by atoms with Crippen molar-refractivity contribution in [3.05, 3.63) is 29.8 Å². The molecule has 1 aromatic rings. The van der Waals surface area contributed by atoms with Crippen LogP contribution < -0.4 is 4.74 Å². The summed E-state index contributed by atoms with van der Waals surface area (Å²) in [6.07, 6.45) is 3.50. The number of carboxylic acid groups (broad SMARTS) is 1. The Bertz CT molecular complexity index is 447. The molecule has 1 aliphatic heterocycles. The van der Waals surface area contributed by atoms with Crippen LogP contribution in [0.25, 0.3) is 0 Å². The predicted molar refractivity (Wildman–Crippen MR) is 78.4 cm³/mol. The van der Waals surface area contributed by atoms with Gasteiger partial charge in [-0.1, -0.05) is 25.5 Å². The maximum absolute atomic E-state index is 11.0. The Labute approximate surface area is 120 Å². The van der Waals surface area contributed by atoms with Gasteiger partial charge >= 0.3 is 5.97 Å². The van der Waals surface area contributed by atoms with Gasteiger partial charge in [-0.05, 0) is 37.4 Å². The molecule has 4 heteroatoms. The molecule has 0 aliphatic carbocycles. The van der Waals surface area contributed by atoms with Gasteiger partial charge in [-0.2, -0.15) is 0 Å². The highest BCUT2D eigenvalue weighted by atomic mass is 16.5. The van der Waals surface area contributed by atoms with Crippen molar-refractivity contribution in [1.29, 1.82) is 0 Å². The Morgan fingerprint density at radius 1 is 1.45 bits per heavy atom. The first-order chi connectivity index (χ1) is 9.70. The van der Waals surface area contributed by atoms with Crippen molar-refractivity contribution in [1.82, 2.24) is 4.90 Å². The molecule has 1 heterocycles.